The van der Waals surface area contributed by atoms with Crippen LogP contribution in [0.5, 0.6) is 0 Å². The molecule has 0 radical (unpaired) electrons. The third-order valence-electron chi connectivity index (χ3n) is 4.82. The smallest absolute Gasteiger partial charge is 0.342 e. The van der Waals surface area contributed by atoms with Gasteiger partial charge in [-0.25, -0.2) is 4.79 Å². The molecule has 1 aromatic carbocycles. The third-order valence-corrected chi connectivity index (χ3v) is 4.82. The molecule has 1 saturated heterocycles. The van der Waals surface area contributed by atoms with Crippen molar-refractivity contribution in [2.24, 2.45) is 5.92 Å². The number of esters is 1. The molecule has 6 nitrogen and oxygen atoms in total. The van der Waals surface area contributed by atoms with Gasteiger partial charge in [-0.15, -0.1) is 0 Å². The summed E-state index contributed by atoms with van der Waals surface area (Å²) in [5, 5.41) is 23.4. The number of nitrogens with zero attached hydrogens (tertiary/aromatic N) is 1. The number of carbonyl (C=O) groups is 1. The molecule has 0 amide bonds. The van der Waals surface area contributed by atoms with Crippen LogP contribution in [0.25, 0.3) is 0 Å². The molecule has 3 rings (SSSR count). The molecule has 1 aliphatic heterocycles. The first-order chi connectivity index (χ1) is 12.8. The molecule has 0 saturated carbocycles. The molecule has 142 valence electrons. The van der Waals surface area contributed by atoms with Crippen LogP contribution in [0, 0.1) is 17.2 Å². The highest BCUT2D eigenvalue weighted by atomic mass is 16.6. The zero-order chi connectivity index (χ0) is 19.7. The molecule has 4 atom stereocenters. The standard InChI is InChI=1S/C21H24N2O4/c1-20(2,3)27-19(25)21(13-22)17(14-8-5-4-6-9-14)15(12-24)18(23-21)16-10-7-11-26-16/h4-11,15,17-18,23-24H,12H2,1-3H3/t15-,17-,18+,21-/m1/s1. The van der Waals surface area contributed by atoms with Gasteiger partial charge in [0.1, 0.15) is 11.4 Å². The normalized spacial score (nSPS) is 27.9. The van der Waals surface area contributed by atoms with E-state index in [1.165, 1.54) is 6.26 Å². The highest BCUT2D eigenvalue weighted by Crippen LogP contribution is 2.49. The predicted molar refractivity (Wildman–Crippen MR) is 98.5 cm³/mol. The van der Waals surface area contributed by atoms with Gasteiger partial charge in [-0.3, -0.25) is 5.32 Å². The van der Waals surface area contributed by atoms with Crippen molar-refractivity contribution in [2.75, 3.05) is 6.61 Å². The van der Waals surface area contributed by atoms with E-state index >= 15 is 0 Å². The van der Waals surface area contributed by atoms with Gasteiger partial charge < -0.3 is 14.3 Å². The fourth-order valence-electron chi connectivity index (χ4n) is 3.77. The van der Waals surface area contributed by atoms with Gasteiger partial charge in [0.05, 0.1) is 18.4 Å². The van der Waals surface area contributed by atoms with Crippen LogP contribution >= 0.6 is 0 Å². The number of aliphatic hydroxyl groups is 1. The van der Waals surface area contributed by atoms with E-state index in [2.05, 4.69) is 11.4 Å². The van der Waals surface area contributed by atoms with Gasteiger partial charge in [-0.05, 0) is 38.5 Å². The summed E-state index contributed by atoms with van der Waals surface area (Å²) in [5.41, 5.74) is -1.61. The zero-order valence-corrected chi connectivity index (χ0v) is 15.7. The first-order valence-electron chi connectivity index (χ1n) is 8.94. The first kappa shape index (κ1) is 19.2. The Morgan fingerprint density at radius 2 is 2.00 bits per heavy atom. The van der Waals surface area contributed by atoms with E-state index in [-0.39, 0.29) is 6.61 Å². The van der Waals surface area contributed by atoms with Crippen molar-refractivity contribution < 1.29 is 19.1 Å². The number of furan rings is 1. The second kappa shape index (κ2) is 7.18. The molecule has 1 aliphatic rings. The van der Waals surface area contributed by atoms with Crippen LogP contribution in [0.3, 0.4) is 0 Å². The minimum atomic E-state index is -1.64. The topological polar surface area (TPSA) is 95.5 Å². The van der Waals surface area contributed by atoms with E-state index in [0.29, 0.717) is 5.76 Å². The minimum Gasteiger partial charge on any atom is -0.468 e. The van der Waals surface area contributed by atoms with Gasteiger partial charge in [0, 0.05) is 18.4 Å². The number of hydrogen-bond acceptors (Lipinski definition) is 6. The lowest BCUT2D eigenvalue weighted by Gasteiger charge is -2.32. The van der Waals surface area contributed by atoms with E-state index in [1.54, 1.807) is 32.9 Å². The average molecular weight is 368 g/mol. The Balaban J connectivity index is 2.13. The Morgan fingerprint density at radius 3 is 2.52 bits per heavy atom. The van der Waals surface area contributed by atoms with Crippen LogP contribution in [-0.4, -0.2) is 28.8 Å². The van der Waals surface area contributed by atoms with E-state index in [1.807, 2.05) is 30.3 Å². The molecule has 2 aromatic rings. The monoisotopic (exact) mass is 368 g/mol. The maximum Gasteiger partial charge on any atom is 0.342 e. The second-order valence-corrected chi connectivity index (χ2v) is 7.79. The Hall–Kier alpha value is -2.62. The Labute approximate surface area is 158 Å². The molecular formula is C21H24N2O4. The summed E-state index contributed by atoms with van der Waals surface area (Å²) in [7, 11) is 0. The van der Waals surface area contributed by atoms with Crippen LogP contribution in [0.1, 0.15) is 44.1 Å². The molecular weight excluding hydrogens is 344 g/mol. The summed E-state index contributed by atoms with van der Waals surface area (Å²) in [6.07, 6.45) is 1.53. The Morgan fingerprint density at radius 1 is 1.30 bits per heavy atom. The minimum absolute atomic E-state index is 0.218. The molecule has 0 aliphatic carbocycles. The zero-order valence-electron chi connectivity index (χ0n) is 15.7. The van der Waals surface area contributed by atoms with E-state index in [9.17, 15) is 15.2 Å². The maximum atomic E-state index is 13.2. The molecule has 0 unspecified atom stereocenters. The largest absolute Gasteiger partial charge is 0.468 e. The molecule has 6 heteroatoms. The molecule has 1 aromatic heterocycles. The molecule has 2 heterocycles. The van der Waals surface area contributed by atoms with Crippen molar-refractivity contribution in [2.45, 2.75) is 43.9 Å². The van der Waals surface area contributed by atoms with E-state index < -0.39 is 35.0 Å². The second-order valence-electron chi connectivity index (χ2n) is 7.79. The van der Waals surface area contributed by atoms with E-state index in [4.69, 9.17) is 9.15 Å². The highest BCUT2D eigenvalue weighted by molar-refractivity contribution is 5.87. The van der Waals surface area contributed by atoms with Crippen LogP contribution in [-0.2, 0) is 9.53 Å². The van der Waals surface area contributed by atoms with Gasteiger partial charge >= 0.3 is 5.97 Å². The van der Waals surface area contributed by atoms with Gasteiger partial charge in [0.25, 0.3) is 0 Å². The van der Waals surface area contributed by atoms with Crippen molar-refractivity contribution >= 4 is 5.97 Å². The summed E-state index contributed by atoms with van der Waals surface area (Å²) in [4.78, 5) is 13.2. The summed E-state index contributed by atoms with van der Waals surface area (Å²) in [5.74, 6) is -1.13. The van der Waals surface area contributed by atoms with E-state index in [0.717, 1.165) is 5.56 Å². The summed E-state index contributed by atoms with van der Waals surface area (Å²) in [6, 6.07) is 14.5. The molecule has 0 bridgehead atoms. The lowest BCUT2D eigenvalue weighted by atomic mass is 9.75. The fourth-order valence-corrected chi connectivity index (χ4v) is 3.77. The van der Waals surface area contributed by atoms with Gasteiger partial charge in [0.2, 0.25) is 5.54 Å². The van der Waals surface area contributed by atoms with Crippen LogP contribution in [0.15, 0.2) is 53.1 Å². The van der Waals surface area contributed by atoms with Gasteiger partial charge in [-0.1, -0.05) is 30.3 Å². The molecule has 1 fully saturated rings. The summed E-state index contributed by atoms with van der Waals surface area (Å²) < 4.78 is 11.1. The van der Waals surface area contributed by atoms with Gasteiger partial charge in [0.15, 0.2) is 0 Å². The quantitative estimate of drug-likeness (QED) is 0.806. The van der Waals surface area contributed by atoms with Crippen LogP contribution in [0.2, 0.25) is 0 Å². The number of nitrogens with one attached hydrogen (secondary N) is 1. The average Bonchev–Trinajstić information content (AvgIpc) is 3.26. The fraction of sp³-hybridized carbons (Fsp3) is 0.429. The lowest BCUT2D eigenvalue weighted by molar-refractivity contribution is -0.161. The maximum absolute atomic E-state index is 13.2. The van der Waals surface area contributed by atoms with Crippen molar-refractivity contribution in [3.63, 3.8) is 0 Å². The third kappa shape index (κ3) is 3.48. The van der Waals surface area contributed by atoms with Gasteiger partial charge in [-0.2, -0.15) is 5.26 Å². The highest BCUT2D eigenvalue weighted by Gasteiger charge is 2.61. The Kier molecular flexibility index (Phi) is 5.09. The van der Waals surface area contributed by atoms with Crippen molar-refractivity contribution in [3.8, 4) is 6.07 Å². The molecule has 2 N–H and O–H groups in total. The Bertz CT molecular complexity index is 820. The van der Waals surface area contributed by atoms with Crippen LogP contribution in [0.4, 0.5) is 0 Å². The number of rotatable bonds is 4. The van der Waals surface area contributed by atoms with Crippen LogP contribution < -0.4 is 5.32 Å². The number of hydrogen-bond donors (Lipinski definition) is 2. The predicted octanol–water partition coefficient (Wildman–Crippen LogP) is 2.92. The number of aliphatic hydroxyl groups excluding tert-OH is 1. The summed E-state index contributed by atoms with van der Waals surface area (Å²) in [6.45, 7) is 5.06. The van der Waals surface area contributed by atoms with Crippen molar-refractivity contribution in [1.82, 2.24) is 5.32 Å². The first-order valence-corrected chi connectivity index (χ1v) is 8.94. The molecule has 0 spiro atoms. The van der Waals surface area contributed by atoms with Crippen molar-refractivity contribution in [3.05, 3.63) is 60.1 Å². The number of benzene rings is 1. The summed E-state index contributed by atoms with van der Waals surface area (Å²) >= 11 is 0. The molecule has 27 heavy (non-hydrogen) atoms. The SMILES string of the molecule is CC(C)(C)OC(=O)[C@]1(C#N)N[C@H](c2ccco2)[C@H](CO)[C@H]1c1ccccc1. The number of nitriles is 1. The number of ether oxygens (including phenoxy) is 1. The lowest BCUT2D eigenvalue weighted by Crippen LogP contribution is -2.53. The number of carbonyl (C=O) groups excluding carboxylic acids is 1. The van der Waals surface area contributed by atoms with Crippen molar-refractivity contribution in [1.29, 1.82) is 5.26 Å².